The van der Waals surface area contributed by atoms with Gasteiger partial charge in [-0.05, 0) is 38.6 Å². The highest BCUT2D eigenvalue weighted by Crippen LogP contribution is 2.24. The van der Waals surface area contributed by atoms with E-state index in [9.17, 15) is 0 Å². The maximum absolute atomic E-state index is 6.01. The van der Waals surface area contributed by atoms with Crippen LogP contribution in [0.1, 0.15) is 52.9 Å². The van der Waals surface area contributed by atoms with Gasteiger partial charge in [0.15, 0.2) is 0 Å². The number of hydrogen-bond acceptors (Lipinski definition) is 3. The molecule has 0 radical (unpaired) electrons. The molecule has 1 aliphatic carbocycles. The van der Waals surface area contributed by atoms with Crippen molar-refractivity contribution in [3.63, 3.8) is 0 Å². The Labute approximate surface area is 119 Å². The molecule has 0 amide bonds. The SMILES string of the molecule is CCNC1CCN(CCOC2CCCC2)C(C)C1C. The van der Waals surface area contributed by atoms with E-state index < -0.39 is 0 Å². The van der Waals surface area contributed by atoms with E-state index in [-0.39, 0.29) is 0 Å². The molecule has 3 nitrogen and oxygen atoms in total. The first kappa shape index (κ1) is 15.3. The van der Waals surface area contributed by atoms with Crippen LogP contribution in [0.15, 0.2) is 0 Å². The van der Waals surface area contributed by atoms with E-state index in [0.29, 0.717) is 18.2 Å². The number of rotatable bonds is 6. The second-order valence-electron chi connectivity index (χ2n) is 6.37. The smallest absolute Gasteiger partial charge is 0.0597 e. The van der Waals surface area contributed by atoms with Crippen LogP contribution >= 0.6 is 0 Å². The van der Waals surface area contributed by atoms with Crippen LogP contribution in [-0.2, 0) is 4.74 Å². The summed E-state index contributed by atoms with van der Waals surface area (Å²) in [7, 11) is 0. The fraction of sp³-hybridized carbons (Fsp3) is 1.00. The molecule has 0 aromatic rings. The Bertz CT molecular complexity index is 253. The summed E-state index contributed by atoms with van der Waals surface area (Å²) in [6.07, 6.45) is 7.15. The third-order valence-corrected chi connectivity index (χ3v) is 5.20. The zero-order valence-electron chi connectivity index (χ0n) is 13.0. The molecule has 1 saturated carbocycles. The van der Waals surface area contributed by atoms with Crippen molar-refractivity contribution in [2.24, 2.45) is 5.92 Å². The molecule has 1 heterocycles. The fourth-order valence-corrected chi connectivity index (χ4v) is 3.70. The third kappa shape index (κ3) is 4.17. The lowest BCUT2D eigenvalue weighted by Gasteiger charge is -2.43. The van der Waals surface area contributed by atoms with E-state index in [2.05, 4.69) is 31.0 Å². The minimum atomic E-state index is 0.562. The number of likely N-dealkylation sites (tertiary alicyclic amines) is 1. The lowest BCUT2D eigenvalue weighted by atomic mass is 9.87. The Kier molecular flexibility index (Phi) is 6.11. The van der Waals surface area contributed by atoms with Gasteiger partial charge in [0.25, 0.3) is 0 Å². The maximum Gasteiger partial charge on any atom is 0.0597 e. The van der Waals surface area contributed by atoms with Crippen molar-refractivity contribution in [1.82, 2.24) is 10.2 Å². The van der Waals surface area contributed by atoms with Crippen LogP contribution in [0, 0.1) is 5.92 Å². The number of nitrogens with zero attached hydrogens (tertiary/aromatic N) is 1. The van der Waals surface area contributed by atoms with Crippen LogP contribution in [0.4, 0.5) is 0 Å². The highest BCUT2D eigenvalue weighted by atomic mass is 16.5. The van der Waals surface area contributed by atoms with E-state index in [0.717, 1.165) is 25.6 Å². The van der Waals surface area contributed by atoms with Crippen LogP contribution in [0.5, 0.6) is 0 Å². The predicted molar refractivity (Wildman–Crippen MR) is 80.5 cm³/mol. The van der Waals surface area contributed by atoms with Gasteiger partial charge in [-0.15, -0.1) is 0 Å². The number of hydrogen-bond donors (Lipinski definition) is 1. The average molecular weight is 268 g/mol. The van der Waals surface area contributed by atoms with Gasteiger partial charge >= 0.3 is 0 Å². The summed E-state index contributed by atoms with van der Waals surface area (Å²) in [6, 6.07) is 1.37. The van der Waals surface area contributed by atoms with Gasteiger partial charge in [0.2, 0.25) is 0 Å². The Balaban J connectivity index is 1.69. The lowest BCUT2D eigenvalue weighted by Crippen LogP contribution is -2.54. The van der Waals surface area contributed by atoms with Gasteiger partial charge in [0, 0.05) is 25.2 Å². The molecule has 1 N–H and O–H groups in total. The summed E-state index contributed by atoms with van der Waals surface area (Å²) >= 11 is 0. The molecule has 3 heteroatoms. The highest BCUT2D eigenvalue weighted by molar-refractivity contribution is 4.88. The summed E-state index contributed by atoms with van der Waals surface area (Å²) < 4.78 is 6.01. The third-order valence-electron chi connectivity index (χ3n) is 5.20. The Morgan fingerprint density at radius 1 is 1.16 bits per heavy atom. The van der Waals surface area contributed by atoms with Crippen LogP contribution in [0.2, 0.25) is 0 Å². The maximum atomic E-state index is 6.01. The highest BCUT2D eigenvalue weighted by Gasteiger charge is 2.31. The topological polar surface area (TPSA) is 24.5 Å². The Morgan fingerprint density at radius 2 is 1.89 bits per heavy atom. The van der Waals surface area contributed by atoms with Crippen molar-refractivity contribution in [1.29, 1.82) is 0 Å². The van der Waals surface area contributed by atoms with Crippen molar-refractivity contribution in [2.45, 2.75) is 71.1 Å². The Hall–Kier alpha value is -0.120. The molecule has 0 aromatic carbocycles. The zero-order chi connectivity index (χ0) is 13.7. The molecule has 1 aliphatic heterocycles. The Morgan fingerprint density at radius 3 is 2.58 bits per heavy atom. The molecule has 3 unspecified atom stereocenters. The minimum Gasteiger partial charge on any atom is -0.377 e. The van der Waals surface area contributed by atoms with E-state index in [1.54, 1.807) is 0 Å². The monoisotopic (exact) mass is 268 g/mol. The molecule has 0 bridgehead atoms. The molecule has 112 valence electrons. The first-order valence-corrected chi connectivity index (χ1v) is 8.31. The van der Waals surface area contributed by atoms with Crippen molar-refractivity contribution in [3.8, 4) is 0 Å². The van der Waals surface area contributed by atoms with Gasteiger partial charge in [-0.2, -0.15) is 0 Å². The molecule has 2 rings (SSSR count). The van der Waals surface area contributed by atoms with E-state index in [1.807, 2.05) is 0 Å². The van der Waals surface area contributed by atoms with Crippen LogP contribution in [0.25, 0.3) is 0 Å². The molecule has 2 aliphatic rings. The lowest BCUT2D eigenvalue weighted by molar-refractivity contribution is 0.0139. The second kappa shape index (κ2) is 7.61. The van der Waals surface area contributed by atoms with Crippen molar-refractivity contribution < 1.29 is 4.74 Å². The first-order valence-electron chi connectivity index (χ1n) is 8.31. The summed E-state index contributed by atoms with van der Waals surface area (Å²) in [5, 5.41) is 3.63. The summed E-state index contributed by atoms with van der Waals surface area (Å²) in [4.78, 5) is 2.62. The van der Waals surface area contributed by atoms with E-state index in [4.69, 9.17) is 4.74 Å². The molecular weight excluding hydrogens is 236 g/mol. The zero-order valence-corrected chi connectivity index (χ0v) is 13.0. The summed E-state index contributed by atoms with van der Waals surface area (Å²) in [6.45, 7) is 11.3. The summed E-state index contributed by atoms with van der Waals surface area (Å²) in [5.41, 5.74) is 0. The van der Waals surface area contributed by atoms with Gasteiger partial charge in [-0.25, -0.2) is 0 Å². The van der Waals surface area contributed by atoms with Gasteiger partial charge in [0.05, 0.1) is 12.7 Å². The molecule has 0 spiro atoms. The normalized spacial score (nSPS) is 33.9. The molecule has 2 fully saturated rings. The van der Waals surface area contributed by atoms with Crippen molar-refractivity contribution in [2.75, 3.05) is 26.2 Å². The largest absolute Gasteiger partial charge is 0.377 e. The standard InChI is InChI=1S/C16H32N2O/c1-4-17-16-9-10-18(14(3)13(16)2)11-12-19-15-7-5-6-8-15/h13-17H,4-12H2,1-3H3. The van der Waals surface area contributed by atoms with Crippen LogP contribution < -0.4 is 5.32 Å². The molecule has 1 saturated heterocycles. The van der Waals surface area contributed by atoms with Gasteiger partial charge in [-0.3, -0.25) is 4.90 Å². The second-order valence-corrected chi connectivity index (χ2v) is 6.37. The van der Waals surface area contributed by atoms with Crippen molar-refractivity contribution in [3.05, 3.63) is 0 Å². The molecule has 0 aromatic heterocycles. The van der Waals surface area contributed by atoms with Gasteiger partial charge < -0.3 is 10.1 Å². The summed E-state index contributed by atoms with van der Waals surface area (Å²) in [5.74, 6) is 0.736. The number of piperidine rings is 1. The number of ether oxygens (including phenoxy) is 1. The molecule has 19 heavy (non-hydrogen) atoms. The quantitative estimate of drug-likeness (QED) is 0.801. The molecular formula is C16H32N2O. The van der Waals surface area contributed by atoms with E-state index in [1.165, 1.54) is 38.6 Å². The predicted octanol–water partition coefficient (Wildman–Crippen LogP) is 2.65. The first-order chi connectivity index (χ1) is 9.22. The van der Waals surface area contributed by atoms with Gasteiger partial charge in [0.1, 0.15) is 0 Å². The van der Waals surface area contributed by atoms with Crippen LogP contribution in [0.3, 0.4) is 0 Å². The van der Waals surface area contributed by atoms with Crippen LogP contribution in [-0.4, -0.2) is 49.3 Å². The average Bonchev–Trinajstić information content (AvgIpc) is 2.91. The van der Waals surface area contributed by atoms with Gasteiger partial charge in [-0.1, -0.05) is 26.7 Å². The fourth-order valence-electron chi connectivity index (χ4n) is 3.70. The molecule has 3 atom stereocenters. The number of nitrogens with one attached hydrogen (secondary N) is 1. The van der Waals surface area contributed by atoms with E-state index >= 15 is 0 Å². The van der Waals surface area contributed by atoms with Crippen molar-refractivity contribution >= 4 is 0 Å². The minimum absolute atomic E-state index is 0.562.